The summed E-state index contributed by atoms with van der Waals surface area (Å²) in [5.74, 6) is 0. The van der Waals surface area contributed by atoms with Crippen LogP contribution in [0.2, 0.25) is 0 Å². The fourth-order valence-electron chi connectivity index (χ4n) is 1.46. The van der Waals surface area contributed by atoms with E-state index in [1.54, 1.807) is 6.07 Å². The highest BCUT2D eigenvalue weighted by Crippen LogP contribution is 2.13. The van der Waals surface area contributed by atoms with Gasteiger partial charge in [0.1, 0.15) is 6.67 Å². The third-order valence-electron chi connectivity index (χ3n) is 2.78. The van der Waals surface area contributed by atoms with Crippen LogP contribution in [0, 0.1) is 0 Å². The Hall–Kier alpha value is -1.70. The molecule has 0 spiro atoms. The normalized spacial score (nSPS) is 16.0. The number of hydrogen-bond donors (Lipinski definition) is 1. The number of hydrogen-bond acceptors (Lipinski definition) is 8. The smallest absolute Gasteiger partial charge is 0.320 e. The maximum atomic E-state index is 12.3. The van der Waals surface area contributed by atoms with Crippen molar-refractivity contribution < 1.29 is 16.8 Å². The van der Waals surface area contributed by atoms with Crippen molar-refractivity contribution in [3.8, 4) is 0 Å². The van der Waals surface area contributed by atoms with E-state index in [0.29, 0.717) is 4.41 Å². The average molecular weight is 380 g/mol. The standard InChI is InChI=1S/C10H16N6O4S3/c1-14(2)23(19,20)16-8-11-10(13-16)22(17,18)15(3)12-7-9-5-4-6-21-9/h4-7H,8H2,1-3H3,(H,11,13)/b12-7+. The molecule has 1 aliphatic heterocycles. The van der Waals surface area contributed by atoms with Gasteiger partial charge in [-0.3, -0.25) is 0 Å². The summed E-state index contributed by atoms with van der Waals surface area (Å²) in [5, 5.41) is 11.3. The Morgan fingerprint density at radius 2 is 2.04 bits per heavy atom. The first-order valence-electron chi connectivity index (χ1n) is 6.25. The predicted molar refractivity (Wildman–Crippen MR) is 88.5 cm³/mol. The molecule has 13 heteroatoms. The van der Waals surface area contributed by atoms with Crippen molar-refractivity contribution in [3.05, 3.63) is 22.4 Å². The lowest BCUT2D eigenvalue weighted by Crippen LogP contribution is -2.39. The zero-order valence-corrected chi connectivity index (χ0v) is 15.1. The second kappa shape index (κ2) is 6.43. The molecule has 0 saturated carbocycles. The molecule has 2 heterocycles. The number of nitrogens with one attached hydrogen (secondary N) is 1. The van der Waals surface area contributed by atoms with Crippen LogP contribution < -0.4 is 5.32 Å². The summed E-state index contributed by atoms with van der Waals surface area (Å²) in [5.41, 5.74) is 0. The van der Waals surface area contributed by atoms with Crippen LogP contribution in [0.25, 0.3) is 0 Å². The van der Waals surface area contributed by atoms with Crippen molar-refractivity contribution in [2.24, 2.45) is 10.2 Å². The highest BCUT2D eigenvalue weighted by molar-refractivity contribution is 8.04. The summed E-state index contributed by atoms with van der Waals surface area (Å²) in [4.78, 5) is 0.783. The van der Waals surface area contributed by atoms with Gasteiger partial charge in [0.05, 0.1) is 6.21 Å². The van der Waals surface area contributed by atoms with Crippen LogP contribution in [0.15, 0.2) is 27.7 Å². The zero-order valence-electron chi connectivity index (χ0n) is 12.6. The van der Waals surface area contributed by atoms with Crippen LogP contribution in [0.1, 0.15) is 4.88 Å². The van der Waals surface area contributed by atoms with E-state index < -0.39 is 25.4 Å². The molecule has 128 valence electrons. The molecule has 10 nitrogen and oxygen atoms in total. The number of amidine groups is 1. The molecule has 2 rings (SSSR count). The Bertz CT molecular complexity index is 813. The van der Waals surface area contributed by atoms with Crippen molar-refractivity contribution in [2.45, 2.75) is 0 Å². The van der Waals surface area contributed by atoms with E-state index in [2.05, 4.69) is 15.5 Å². The van der Waals surface area contributed by atoms with Gasteiger partial charge in [-0.2, -0.15) is 35.1 Å². The van der Waals surface area contributed by atoms with Gasteiger partial charge in [-0.1, -0.05) is 6.07 Å². The van der Waals surface area contributed by atoms with Gasteiger partial charge in [0, 0.05) is 26.0 Å². The largest absolute Gasteiger partial charge is 0.337 e. The Morgan fingerprint density at radius 1 is 1.35 bits per heavy atom. The Kier molecular flexibility index (Phi) is 4.93. The first kappa shape index (κ1) is 17.7. The molecule has 0 fully saturated rings. The molecular formula is C10H16N6O4S3. The maximum absolute atomic E-state index is 12.3. The third-order valence-corrected chi connectivity index (χ3v) is 6.76. The lowest BCUT2D eigenvalue weighted by atomic mass is 10.5. The van der Waals surface area contributed by atoms with Crippen molar-refractivity contribution in [1.29, 1.82) is 0 Å². The molecule has 1 aromatic rings. The van der Waals surface area contributed by atoms with Crippen LogP contribution in [0.5, 0.6) is 0 Å². The van der Waals surface area contributed by atoms with E-state index in [0.717, 1.165) is 13.6 Å². The minimum atomic E-state index is -4.06. The quantitative estimate of drug-likeness (QED) is 0.535. The van der Waals surface area contributed by atoms with Crippen LogP contribution >= 0.6 is 11.3 Å². The van der Waals surface area contributed by atoms with E-state index in [1.165, 1.54) is 38.7 Å². The monoisotopic (exact) mass is 380 g/mol. The number of rotatable bonds is 5. The first-order chi connectivity index (χ1) is 10.7. The molecule has 23 heavy (non-hydrogen) atoms. The number of thiophene rings is 1. The number of hydrazone groups is 2. The SMILES string of the molecule is CN(/N=C/c1cccs1)S(=O)(=O)C1=NN(S(=O)(=O)N(C)C)CN1. The maximum Gasteiger partial charge on any atom is 0.320 e. The minimum absolute atomic E-state index is 0.266. The van der Waals surface area contributed by atoms with E-state index in [1.807, 2.05) is 11.4 Å². The number of nitrogens with zero attached hydrogens (tertiary/aromatic N) is 5. The summed E-state index contributed by atoms with van der Waals surface area (Å²) >= 11 is 1.41. The predicted octanol–water partition coefficient (Wildman–Crippen LogP) is -0.716. The fourth-order valence-corrected chi connectivity index (χ4v) is 3.75. The zero-order chi connectivity index (χ0) is 17.3. The lowest BCUT2D eigenvalue weighted by molar-refractivity contribution is 0.403. The fraction of sp³-hybridized carbons (Fsp3) is 0.400. The second-order valence-electron chi connectivity index (χ2n) is 4.55. The van der Waals surface area contributed by atoms with Gasteiger partial charge in [-0.05, 0) is 11.4 Å². The summed E-state index contributed by atoms with van der Waals surface area (Å²) in [6.45, 7) is -0.266. The molecule has 0 atom stereocenters. The van der Waals surface area contributed by atoms with Crippen molar-refractivity contribution >= 4 is 43.0 Å². The first-order valence-corrected chi connectivity index (χ1v) is 9.96. The molecule has 0 unspecified atom stereocenters. The Morgan fingerprint density at radius 3 is 2.61 bits per heavy atom. The van der Waals surface area contributed by atoms with E-state index >= 15 is 0 Å². The van der Waals surface area contributed by atoms with Crippen LogP contribution in [0.4, 0.5) is 0 Å². The Labute approximate surface area is 138 Å². The van der Waals surface area contributed by atoms with E-state index in [4.69, 9.17) is 0 Å². The van der Waals surface area contributed by atoms with Crippen LogP contribution in [-0.2, 0) is 20.2 Å². The topological polar surface area (TPSA) is 115 Å². The Balaban J connectivity index is 2.20. The minimum Gasteiger partial charge on any atom is -0.337 e. The molecule has 0 amide bonds. The molecule has 0 radical (unpaired) electrons. The van der Waals surface area contributed by atoms with Crippen molar-refractivity contribution in [3.63, 3.8) is 0 Å². The van der Waals surface area contributed by atoms with Gasteiger partial charge in [-0.15, -0.1) is 16.4 Å². The van der Waals surface area contributed by atoms with Crippen molar-refractivity contribution in [2.75, 3.05) is 27.8 Å². The van der Waals surface area contributed by atoms with Crippen LogP contribution in [0.3, 0.4) is 0 Å². The molecule has 1 aromatic heterocycles. The van der Waals surface area contributed by atoms with Gasteiger partial charge < -0.3 is 5.32 Å². The average Bonchev–Trinajstić information content (AvgIpc) is 3.15. The van der Waals surface area contributed by atoms with Gasteiger partial charge in [0.25, 0.3) is 5.17 Å². The highest BCUT2D eigenvalue weighted by Gasteiger charge is 2.35. The molecule has 0 bridgehead atoms. The van der Waals surface area contributed by atoms with Gasteiger partial charge >= 0.3 is 20.2 Å². The second-order valence-corrected chi connectivity index (χ2v) is 9.44. The molecule has 1 aliphatic rings. The van der Waals surface area contributed by atoms with Gasteiger partial charge in [0.15, 0.2) is 0 Å². The molecular weight excluding hydrogens is 364 g/mol. The third kappa shape index (κ3) is 3.63. The molecule has 0 aliphatic carbocycles. The van der Waals surface area contributed by atoms with Gasteiger partial charge in [-0.25, -0.2) is 0 Å². The summed E-state index contributed by atoms with van der Waals surface area (Å²) < 4.78 is 50.8. The number of sulfonamides is 1. The molecule has 1 N–H and O–H groups in total. The molecule has 0 aromatic carbocycles. The highest BCUT2D eigenvalue weighted by atomic mass is 32.2. The summed E-state index contributed by atoms with van der Waals surface area (Å²) in [6.07, 6.45) is 1.39. The van der Waals surface area contributed by atoms with E-state index in [9.17, 15) is 16.8 Å². The van der Waals surface area contributed by atoms with Crippen molar-refractivity contribution in [1.82, 2.24) is 18.5 Å². The summed E-state index contributed by atoms with van der Waals surface area (Å²) in [6, 6.07) is 3.60. The van der Waals surface area contributed by atoms with E-state index in [-0.39, 0.29) is 6.67 Å². The van der Waals surface area contributed by atoms with Crippen LogP contribution in [-0.4, -0.2) is 69.2 Å². The molecule has 0 saturated heterocycles. The van der Waals surface area contributed by atoms with Gasteiger partial charge in [0.2, 0.25) is 0 Å². The lowest BCUT2D eigenvalue weighted by Gasteiger charge is -2.17. The summed E-state index contributed by atoms with van der Waals surface area (Å²) in [7, 11) is -4.00.